The van der Waals surface area contributed by atoms with Crippen LogP contribution in [0.15, 0.2) is 57.7 Å². The van der Waals surface area contributed by atoms with Gasteiger partial charge in [0, 0.05) is 13.1 Å². The lowest BCUT2D eigenvalue weighted by molar-refractivity contribution is -0.121. The average molecular weight is 644 g/mol. The van der Waals surface area contributed by atoms with Crippen LogP contribution >= 0.6 is 31.9 Å². The van der Waals surface area contributed by atoms with Crippen molar-refractivity contribution in [1.29, 1.82) is 0 Å². The summed E-state index contributed by atoms with van der Waals surface area (Å²) in [5.74, 6) is 2.88. The number of carbonyl (C=O) groups is 1. The molecule has 2 aromatic carbocycles. The second-order valence-electron chi connectivity index (χ2n) is 9.30. The molecule has 0 saturated heterocycles. The fraction of sp³-hybridized carbons (Fsp3) is 0.345. The lowest BCUT2D eigenvalue weighted by Gasteiger charge is -2.19. The van der Waals surface area contributed by atoms with E-state index in [0.717, 1.165) is 11.1 Å². The molecule has 200 valence electrons. The number of aryl methyl sites for hydroxylation is 2. The molecule has 4 rings (SSSR count). The summed E-state index contributed by atoms with van der Waals surface area (Å²) in [4.78, 5) is 23.2. The van der Waals surface area contributed by atoms with Crippen LogP contribution in [0.3, 0.4) is 0 Å². The molecule has 0 N–H and O–H groups in total. The Hall–Kier alpha value is -2.91. The molecule has 7 nitrogen and oxygen atoms in total. The number of Topliss-reactive ketones (excluding diaryl/α,β-unsaturated/α-hetero) is 1. The first-order chi connectivity index (χ1) is 18.1. The van der Waals surface area contributed by atoms with Crippen LogP contribution in [0.25, 0.3) is 0 Å². The minimum absolute atomic E-state index is 0.00757. The summed E-state index contributed by atoms with van der Waals surface area (Å²) in [6.07, 6.45) is 0. The highest BCUT2D eigenvalue weighted by Gasteiger charge is 2.32. The van der Waals surface area contributed by atoms with E-state index in [1.54, 1.807) is 0 Å². The monoisotopic (exact) mass is 642 g/mol. The standard InChI is InChI=1S/C29H32Br2N4O3/c1-7-34-26(32-24(30)28(34)37-21-13-9-17(3)10-14-21)19(5)23(36)20(6)27-33-25(31)29(35(27)8-2)38-22-15-11-18(4)12-16-22/h9-16,19-20H,7-8H2,1-6H3. The topological polar surface area (TPSA) is 71.2 Å². The van der Waals surface area contributed by atoms with Crippen molar-refractivity contribution in [2.24, 2.45) is 0 Å². The van der Waals surface area contributed by atoms with Gasteiger partial charge in [-0.05, 0) is 97.7 Å². The summed E-state index contributed by atoms with van der Waals surface area (Å²) in [6.45, 7) is 13.0. The number of hydrogen-bond donors (Lipinski definition) is 0. The zero-order valence-electron chi connectivity index (χ0n) is 22.5. The minimum Gasteiger partial charge on any atom is -0.438 e. The quantitative estimate of drug-likeness (QED) is 0.174. The lowest BCUT2D eigenvalue weighted by atomic mass is 9.94. The molecular weight excluding hydrogens is 612 g/mol. The van der Waals surface area contributed by atoms with Crippen LogP contribution in [0, 0.1) is 13.8 Å². The van der Waals surface area contributed by atoms with E-state index in [9.17, 15) is 4.79 Å². The summed E-state index contributed by atoms with van der Waals surface area (Å²) in [5.41, 5.74) is 2.30. The Labute approximate surface area is 240 Å². The first kappa shape index (κ1) is 28.1. The molecule has 38 heavy (non-hydrogen) atoms. The predicted molar refractivity (Wildman–Crippen MR) is 156 cm³/mol. The number of nitrogens with zero attached hydrogens (tertiary/aromatic N) is 4. The highest BCUT2D eigenvalue weighted by atomic mass is 79.9. The van der Waals surface area contributed by atoms with E-state index in [4.69, 9.17) is 19.4 Å². The van der Waals surface area contributed by atoms with Crippen LogP contribution in [-0.4, -0.2) is 24.9 Å². The van der Waals surface area contributed by atoms with Gasteiger partial charge in [-0.15, -0.1) is 0 Å². The zero-order valence-corrected chi connectivity index (χ0v) is 25.6. The van der Waals surface area contributed by atoms with Gasteiger partial charge in [0.2, 0.25) is 11.8 Å². The molecular formula is C29H32Br2N4O3. The Morgan fingerprint density at radius 1 is 0.737 bits per heavy atom. The lowest BCUT2D eigenvalue weighted by Crippen LogP contribution is -2.22. The highest BCUT2D eigenvalue weighted by molar-refractivity contribution is 9.10. The Balaban J connectivity index is 1.61. The van der Waals surface area contributed by atoms with Crippen molar-refractivity contribution in [2.75, 3.05) is 0 Å². The third-order valence-electron chi connectivity index (χ3n) is 6.55. The molecule has 0 aliphatic heterocycles. The molecule has 0 saturated carbocycles. The number of rotatable bonds is 10. The van der Waals surface area contributed by atoms with Crippen LogP contribution in [-0.2, 0) is 17.9 Å². The largest absolute Gasteiger partial charge is 0.438 e. The SMILES string of the molecule is CCn1c(C(C)C(=O)C(C)c2nc(Br)c(Oc3ccc(C)cc3)n2CC)nc(Br)c1Oc1ccc(C)cc1. The van der Waals surface area contributed by atoms with Gasteiger partial charge in [-0.2, -0.15) is 0 Å². The first-order valence-electron chi connectivity index (χ1n) is 12.7. The van der Waals surface area contributed by atoms with Crippen molar-refractivity contribution >= 4 is 37.6 Å². The van der Waals surface area contributed by atoms with E-state index in [1.165, 1.54) is 0 Å². The van der Waals surface area contributed by atoms with Crippen LogP contribution in [0.2, 0.25) is 0 Å². The third kappa shape index (κ3) is 5.73. The van der Waals surface area contributed by atoms with Gasteiger partial charge >= 0.3 is 0 Å². The van der Waals surface area contributed by atoms with E-state index in [1.807, 2.05) is 99.2 Å². The third-order valence-corrected chi connectivity index (χ3v) is 7.59. The van der Waals surface area contributed by atoms with Crippen LogP contribution in [0.1, 0.15) is 62.3 Å². The fourth-order valence-electron chi connectivity index (χ4n) is 4.38. The number of ether oxygens (including phenoxy) is 2. The first-order valence-corrected chi connectivity index (χ1v) is 14.3. The number of halogens is 2. The summed E-state index contributed by atoms with van der Waals surface area (Å²) >= 11 is 7.09. The Morgan fingerprint density at radius 2 is 1.08 bits per heavy atom. The number of ketones is 1. The molecule has 0 amide bonds. The maximum atomic E-state index is 13.8. The van der Waals surface area contributed by atoms with E-state index >= 15 is 0 Å². The number of carbonyl (C=O) groups excluding carboxylic acids is 1. The molecule has 0 fully saturated rings. The van der Waals surface area contributed by atoms with E-state index in [2.05, 4.69) is 31.9 Å². The molecule has 2 aromatic heterocycles. The molecule has 2 heterocycles. The maximum Gasteiger partial charge on any atom is 0.234 e. The summed E-state index contributed by atoms with van der Waals surface area (Å²) in [5, 5.41) is 0. The van der Waals surface area contributed by atoms with Gasteiger partial charge < -0.3 is 9.47 Å². The van der Waals surface area contributed by atoms with Gasteiger partial charge in [-0.25, -0.2) is 9.97 Å². The number of benzene rings is 2. The van der Waals surface area contributed by atoms with E-state index < -0.39 is 11.8 Å². The highest BCUT2D eigenvalue weighted by Crippen LogP contribution is 2.37. The molecule has 0 aliphatic carbocycles. The summed E-state index contributed by atoms with van der Waals surface area (Å²) in [6, 6.07) is 15.7. The molecule has 9 heteroatoms. The van der Waals surface area contributed by atoms with E-state index in [-0.39, 0.29) is 5.78 Å². The maximum absolute atomic E-state index is 13.8. The van der Waals surface area contributed by atoms with Crippen LogP contribution in [0.5, 0.6) is 23.3 Å². The molecule has 2 atom stereocenters. The summed E-state index contributed by atoms with van der Waals surface area (Å²) in [7, 11) is 0. The van der Waals surface area contributed by atoms with Crippen molar-refractivity contribution in [3.8, 4) is 23.3 Å². The van der Waals surface area contributed by atoms with Gasteiger partial charge in [-0.1, -0.05) is 35.4 Å². The molecule has 4 aromatic rings. The van der Waals surface area contributed by atoms with Gasteiger partial charge in [0.1, 0.15) is 23.1 Å². The van der Waals surface area contributed by atoms with Gasteiger partial charge in [0.25, 0.3) is 0 Å². The fourth-order valence-corrected chi connectivity index (χ4v) is 5.33. The van der Waals surface area contributed by atoms with Crippen molar-refractivity contribution < 1.29 is 14.3 Å². The Bertz CT molecular complexity index is 1320. The van der Waals surface area contributed by atoms with Crippen molar-refractivity contribution in [3.05, 3.63) is 80.5 Å². The minimum atomic E-state index is -0.487. The Kier molecular flexibility index (Phi) is 8.78. The van der Waals surface area contributed by atoms with Crippen molar-refractivity contribution in [1.82, 2.24) is 19.1 Å². The number of imidazole rings is 2. The van der Waals surface area contributed by atoms with Gasteiger partial charge in [0.15, 0.2) is 15.0 Å². The number of aromatic nitrogens is 4. The second-order valence-corrected chi connectivity index (χ2v) is 10.8. The van der Waals surface area contributed by atoms with Gasteiger partial charge in [-0.3, -0.25) is 13.9 Å². The predicted octanol–water partition coefficient (Wildman–Crippen LogP) is 8.32. The van der Waals surface area contributed by atoms with E-state index in [0.29, 0.717) is 57.2 Å². The second kappa shape index (κ2) is 11.9. The van der Waals surface area contributed by atoms with Crippen LogP contribution < -0.4 is 9.47 Å². The molecule has 0 radical (unpaired) electrons. The summed E-state index contributed by atoms with van der Waals surface area (Å²) < 4.78 is 17.3. The molecule has 0 aliphatic rings. The normalized spacial score (nSPS) is 12.8. The Morgan fingerprint density at radius 3 is 1.39 bits per heavy atom. The molecule has 2 unspecified atom stereocenters. The van der Waals surface area contributed by atoms with Crippen molar-refractivity contribution in [2.45, 2.75) is 66.5 Å². The molecule has 0 bridgehead atoms. The van der Waals surface area contributed by atoms with Crippen LogP contribution in [0.4, 0.5) is 0 Å². The number of hydrogen-bond acceptors (Lipinski definition) is 5. The van der Waals surface area contributed by atoms with Gasteiger partial charge in [0.05, 0.1) is 11.8 Å². The average Bonchev–Trinajstić information content (AvgIpc) is 3.40. The molecule has 0 spiro atoms. The zero-order chi connectivity index (χ0) is 27.6. The smallest absolute Gasteiger partial charge is 0.234 e. The van der Waals surface area contributed by atoms with Crippen molar-refractivity contribution in [3.63, 3.8) is 0 Å².